The number of hydrogen-bond acceptors (Lipinski definition) is 4. The molecular weight excluding hydrogens is 431 g/mol. The van der Waals surface area contributed by atoms with Gasteiger partial charge in [-0.1, -0.05) is 41.4 Å². The van der Waals surface area contributed by atoms with E-state index in [4.69, 9.17) is 51.9 Å². The van der Waals surface area contributed by atoms with Crippen molar-refractivity contribution >= 4 is 70.2 Å². The number of halogens is 3. The molecule has 1 N–H and O–H groups in total. The van der Waals surface area contributed by atoms with Crippen LogP contribution in [0, 0.1) is 0 Å². The summed E-state index contributed by atoms with van der Waals surface area (Å²) in [5, 5.41) is 3.27. The summed E-state index contributed by atoms with van der Waals surface area (Å²) in [7, 11) is 0. The maximum Gasteiger partial charge on any atom is 0.280 e. The van der Waals surface area contributed by atoms with E-state index in [1.54, 1.807) is 42.5 Å². The van der Waals surface area contributed by atoms with Crippen LogP contribution in [0.2, 0.25) is 10.0 Å². The topological polar surface area (TPSA) is 58.6 Å². The highest BCUT2D eigenvalue weighted by Gasteiger charge is 2.32. The van der Waals surface area contributed by atoms with Crippen LogP contribution in [0.5, 0.6) is 5.75 Å². The summed E-state index contributed by atoms with van der Waals surface area (Å²) in [6.45, 7) is 0.274. The van der Waals surface area contributed by atoms with Gasteiger partial charge in [0, 0.05) is 27.4 Å². The first-order valence-corrected chi connectivity index (χ1v) is 9.09. The fourth-order valence-corrected chi connectivity index (χ4v) is 3.03. The van der Waals surface area contributed by atoms with Gasteiger partial charge in [0.15, 0.2) is 5.11 Å². The largest absolute Gasteiger partial charge is 0.489 e. The van der Waals surface area contributed by atoms with E-state index in [0.717, 1.165) is 5.56 Å². The first-order chi connectivity index (χ1) is 12.8. The van der Waals surface area contributed by atoms with Crippen molar-refractivity contribution in [2.45, 2.75) is 6.61 Å². The smallest absolute Gasteiger partial charge is 0.280 e. The molecule has 2 aromatic carbocycles. The Hall–Kier alpha value is -2.12. The van der Waals surface area contributed by atoms with Gasteiger partial charge in [0.2, 0.25) is 0 Å². The molecular formula is C18H11Cl3N2O3S. The maximum atomic E-state index is 12.1. The van der Waals surface area contributed by atoms with E-state index in [2.05, 4.69) is 5.32 Å². The fourth-order valence-electron chi connectivity index (χ4n) is 2.26. The molecule has 3 rings (SSSR count). The van der Waals surface area contributed by atoms with E-state index >= 15 is 0 Å². The first-order valence-electron chi connectivity index (χ1n) is 7.59. The van der Waals surface area contributed by atoms with Gasteiger partial charge in [0.25, 0.3) is 11.8 Å². The second-order valence-electron chi connectivity index (χ2n) is 5.50. The van der Waals surface area contributed by atoms with Crippen molar-refractivity contribution in [2.75, 3.05) is 0 Å². The van der Waals surface area contributed by atoms with Gasteiger partial charge >= 0.3 is 0 Å². The highest BCUT2D eigenvalue weighted by molar-refractivity contribution is 7.80. The second-order valence-corrected chi connectivity index (χ2v) is 7.07. The monoisotopic (exact) mass is 440 g/mol. The Bertz CT molecular complexity index is 961. The molecule has 2 aromatic rings. The molecule has 0 atom stereocenters. The van der Waals surface area contributed by atoms with Crippen molar-refractivity contribution in [3.8, 4) is 5.75 Å². The normalized spacial score (nSPS) is 15.9. The fraction of sp³-hybridized carbons (Fsp3) is 0.0556. The lowest BCUT2D eigenvalue weighted by atomic mass is 10.1. The number of ether oxygens (including phenoxy) is 1. The van der Waals surface area contributed by atoms with E-state index < -0.39 is 11.8 Å². The van der Waals surface area contributed by atoms with Gasteiger partial charge in [0.1, 0.15) is 17.9 Å². The van der Waals surface area contributed by atoms with Crippen molar-refractivity contribution in [1.82, 2.24) is 9.74 Å². The molecule has 1 saturated heterocycles. The minimum Gasteiger partial charge on any atom is -0.489 e. The van der Waals surface area contributed by atoms with Crippen LogP contribution in [-0.2, 0) is 16.2 Å². The van der Waals surface area contributed by atoms with E-state index in [0.29, 0.717) is 25.8 Å². The average Bonchev–Trinajstić information content (AvgIpc) is 2.64. The quantitative estimate of drug-likeness (QED) is 0.332. The van der Waals surface area contributed by atoms with Crippen LogP contribution in [0.25, 0.3) is 6.08 Å². The molecule has 0 aromatic heterocycles. The summed E-state index contributed by atoms with van der Waals surface area (Å²) in [6.07, 6.45) is 1.43. The van der Waals surface area contributed by atoms with Crippen LogP contribution in [-0.4, -0.2) is 21.3 Å². The molecule has 1 fully saturated rings. The summed E-state index contributed by atoms with van der Waals surface area (Å²) in [4.78, 5) is 24.0. The third kappa shape index (κ3) is 4.59. The highest BCUT2D eigenvalue weighted by atomic mass is 35.5. The van der Waals surface area contributed by atoms with E-state index in [1.165, 1.54) is 6.08 Å². The zero-order chi connectivity index (χ0) is 19.6. The Morgan fingerprint density at radius 3 is 2.48 bits per heavy atom. The molecule has 0 unspecified atom stereocenters. The summed E-state index contributed by atoms with van der Waals surface area (Å²) in [5.74, 6) is -0.675. The highest BCUT2D eigenvalue weighted by Crippen LogP contribution is 2.23. The standard InChI is InChI=1S/C18H11Cl3N2O3S/c19-12-4-3-11(15(20)8-12)9-26-13-5-1-10(2-6-13)7-14-16(24)22-18(27)23(21)17(14)25/h1-8H,9H2,(H,22,24,27). The first kappa shape index (κ1) is 19.6. The summed E-state index contributed by atoms with van der Waals surface area (Å²) in [6, 6.07) is 12.0. The molecule has 5 nitrogen and oxygen atoms in total. The predicted octanol–water partition coefficient (Wildman–Crippen LogP) is 4.35. The second kappa shape index (κ2) is 8.27. The summed E-state index contributed by atoms with van der Waals surface area (Å²) in [5.41, 5.74) is 1.32. The third-order valence-corrected chi connectivity index (χ3v) is 4.95. The molecule has 0 radical (unpaired) electrons. The number of rotatable bonds is 4. The van der Waals surface area contributed by atoms with Gasteiger partial charge < -0.3 is 4.74 Å². The Kier molecular flexibility index (Phi) is 6.01. The van der Waals surface area contributed by atoms with Crippen molar-refractivity contribution in [2.24, 2.45) is 0 Å². The van der Waals surface area contributed by atoms with Crippen LogP contribution in [0.15, 0.2) is 48.0 Å². The molecule has 1 aliphatic heterocycles. The van der Waals surface area contributed by atoms with Gasteiger partial charge in [-0.25, -0.2) is 0 Å². The van der Waals surface area contributed by atoms with Crippen molar-refractivity contribution in [1.29, 1.82) is 0 Å². The van der Waals surface area contributed by atoms with Gasteiger partial charge in [-0.15, -0.1) is 0 Å². The minimum atomic E-state index is -0.678. The van der Waals surface area contributed by atoms with E-state index in [9.17, 15) is 9.59 Å². The predicted molar refractivity (Wildman–Crippen MR) is 109 cm³/mol. The van der Waals surface area contributed by atoms with Crippen molar-refractivity contribution in [3.05, 3.63) is 69.2 Å². The number of benzene rings is 2. The number of thiocarbonyl (C=S) groups is 1. The van der Waals surface area contributed by atoms with Gasteiger partial charge in [-0.2, -0.15) is 4.42 Å². The van der Waals surface area contributed by atoms with Crippen LogP contribution < -0.4 is 10.1 Å². The minimum absolute atomic E-state index is 0.111. The number of nitrogens with zero attached hydrogens (tertiary/aromatic N) is 1. The van der Waals surface area contributed by atoms with Gasteiger partial charge in [-0.3, -0.25) is 14.9 Å². The SMILES string of the molecule is O=C1NC(=S)N(Cl)C(=O)C1=Cc1ccc(OCc2ccc(Cl)cc2Cl)cc1. The molecule has 0 aliphatic carbocycles. The van der Waals surface area contributed by atoms with Gasteiger partial charge in [0.05, 0.1) is 0 Å². The molecule has 27 heavy (non-hydrogen) atoms. The molecule has 0 saturated carbocycles. The number of carbonyl (C=O) groups is 2. The zero-order valence-electron chi connectivity index (χ0n) is 13.5. The van der Waals surface area contributed by atoms with Crippen LogP contribution >= 0.6 is 47.2 Å². The summed E-state index contributed by atoms with van der Waals surface area (Å²) < 4.78 is 6.38. The molecule has 1 aliphatic rings. The summed E-state index contributed by atoms with van der Waals surface area (Å²) >= 11 is 22.5. The zero-order valence-corrected chi connectivity index (χ0v) is 16.6. The van der Waals surface area contributed by atoms with Crippen molar-refractivity contribution in [3.63, 3.8) is 0 Å². The number of hydrogen-bond donors (Lipinski definition) is 1. The molecule has 0 spiro atoms. The lowest BCUT2D eigenvalue weighted by molar-refractivity contribution is -0.126. The molecule has 9 heteroatoms. The Morgan fingerprint density at radius 1 is 1.11 bits per heavy atom. The Labute approximate surface area is 175 Å². The van der Waals surface area contributed by atoms with E-state index in [1.807, 2.05) is 0 Å². The third-order valence-electron chi connectivity index (χ3n) is 3.65. The molecule has 138 valence electrons. The Balaban J connectivity index is 1.71. The lowest BCUT2D eigenvalue weighted by Crippen LogP contribution is -2.49. The van der Waals surface area contributed by atoms with Gasteiger partial charge in [-0.05, 0) is 48.1 Å². The van der Waals surface area contributed by atoms with Crippen molar-refractivity contribution < 1.29 is 14.3 Å². The van der Waals surface area contributed by atoms with Crippen LogP contribution in [0.1, 0.15) is 11.1 Å². The average molecular weight is 442 g/mol. The van der Waals surface area contributed by atoms with E-state index in [-0.39, 0.29) is 17.3 Å². The maximum absolute atomic E-state index is 12.1. The number of amides is 2. The van der Waals surface area contributed by atoms with Crippen LogP contribution in [0.4, 0.5) is 0 Å². The molecule has 0 bridgehead atoms. The molecule has 2 amide bonds. The Morgan fingerprint density at radius 2 is 1.81 bits per heavy atom. The molecule has 1 heterocycles. The lowest BCUT2D eigenvalue weighted by Gasteiger charge is -2.22. The number of nitrogens with one attached hydrogen (secondary N) is 1. The number of carbonyl (C=O) groups excluding carboxylic acids is 2. The van der Waals surface area contributed by atoms with Crippen LogP contribution in [0.3, 0.4) is 0 Å².